The molecule has 25 heavy (non-hydrogen) atoms. The molecule has 142 valence electrons. The number of hydrogen-bond acceptors (Lipinski definition) is 6. The van der Waals surface area contributed by atoms with Gasteiger partial charge in [0.15, 0.2) is 0 Å². The minimum Gasteiger partial charge on any atom is -0.391 e. The van der Waals surface area contributed by atoms with Crippen LogP contribution in [-0.2, 0) is 14.8 Å². The van der Waals surface area contributed by atoms with Gasteiger partial charge in [-0.2, -0.15) is 0 Å². The number of sulfonamides is 1. The van der Waals surface area contributed by atoms with Crippen LogP contribution in [0.2, 0.25) is 0 Å². The molecule has 2 unspecified atom stereocenters. The average Bonchev–Trinajstić information content (AvgIpc) is 2.98. The maximum absolute atomic E-state index is 12.1. The molecule has 1 fully saturated rings. The summed E-state index contributed by atoms with van der Waals surface area (Å²) >= 11 is 0. The summed E-state index contributed by atoms with van der Waals surface area (Å²) in [6, 6.07) is 5.69. The molecule has 1 aromatic carbocycles. The number of aliphatic hydroxyl groups is 1. The van der Waals surface area contributed by atoms with Crippen molar-refractivity contribution in [2.75, 3.05) is 39.9 Å². The van der Waals surface area contributed by atoms with Gasteiger partial charge in [0.1, 0.15) is 0 Å². The van der Waals surface area contributed by atoms with Crippen LogP contribution in [-0.4, -0.2) is 65.4 Å². The highest BCUT2D eigenvalue weighted by Crippen LogP contribution is 2.11. The largest absolute Gasteiger partial charge is 0.391 e. The third kappa shape index (κ3) is 6.21. The molecule has 1 heterocycles. The Bertz CT molecular complexity index is 654. The summed E-state index contributed by atoms with van der Waals surface area (Å²) in [6.45, 7) is 2.01. The summed E-state index contributed by atoms with van der Waals surface area (Å²) < 4.78 is 31.2. The second kappa shape index (κ2) is 10.0. The van der Waals surface area contributed by atoms with Crippen molar-refractivity contribution >= 4 is 28.3 Å². The van der Waals surface area contributed by atoms with Gasteiger partial charge >= 0.3 is 0 Å². The van der Waals surface area contributed by atoms with Crippen molar-refractivity contribution in [1.82, 2.24) is 15.4 Å². The molecule has 0 bridgehead atoms. The molecule has 2 atom stereocenters. The first-order valence-electron chi connectivity index (χ1n) is 7.69. The number of rotatable bonds is 8. The van der Waals surface area contributed by atoms with Gasteiger partial charge in [-0.05, 0) is 24.3 Å². The van der Waals surface area contributed by atoms with E-state index in [9.17, 15) is 18.3 Å². The van der Waals surface area contributed by atoms with Crippen LogP contribution >= 0.6 is 12.4 Å². The molecule has 1 saturated heterocycles. The average molecular weight is 394 g/mol. The van der Waals surface area contributed by atoms with Gasteiger partial charge in [0.05, 0.1) is 17.6 Å². The summed E-state index contributed by atoms with van der Waals surface area (Å²) in [5.74, 6) is -0.316. The number of carbonyl (C=O) groups is 1. The summed E-state index contributed by atoms with van der Waals surface area (Å²) in [6.07, 6.45) is -0.462. The molecule has 0 spiro atoms. The first-order chi connectivity index (χ1) is 11.4. The van der Waals surface area contributed by atoms with Crippen molar-refractivity contribution in [3.63, 3.8) is 0 Å². The van der Waals surface area contributed by atoms with Crippen molar-refractivity contribution in [2.45, 2.75) is 11.0 Å². The number of ether oxygens (including phenoxy) is 1. The van der Waals surface area contributed by atoms with E-state index in [0.29, 0.717) is 25.2 Å². The van der Waals surface area contributed by atoms with Crippen molar-refractivity contribution < 1.29 is 23.1 Å². The van der Waals surface area contributed by atoms with E-state index < -0.39 is 16.1 Å². The lowest BCUT2D eigenvalue weighted by atomic mass is 10.1. The highest BCUT2D eigenvalue weighted by Gasteiger charge is 2.25. The van der Waals surface area contributed by atoms with Crippen LogP contribution in [0.15, 0.2) is 29.2 Å². The van der Waals surface area contributed by atoms with E-state index >= 15 is 0 Å². The lowest BCUT2D eigenvalue weighted by Gasteiger charge is -2.14. The Balaban J connectivity index is 0.00000312. The van der Waals surface area contributed by atoms with E-state index in [1.807, 2.05) is 0 Å². The second-order valence-electron chi connectivity index (χ2n) is 5.61. The van der Waals surface area contributed by atoms with Crippen LogP contribution in [0.25, 0.3) is 0 Å². The van der Waals surface area contributed by atoms with Crippen LogP contribution in [0.4, 0.5) is 0 Å². The van der Waals surface area contributed by atoms with Crippen molar-refractivity contribution in [2.24, 2.45) is 5.92 Å². The van der Waals surface area contributed by atoms with Crippen molar-refractivity contribution in [1.29, 1.82) is 0 Å². The van der Waals surface area contributed by atoms with E-state index in [4.69, 9.17) is 4.74 Å². The molecular formula is C15H24ClN3O5S. The predicted molar refractivity (Wildman–Crippen MR) is 95.5 cm³/mol. The van der Waals surface area contributed by atoms with Crippen LogP contribution < -0.4 is 15.4 Å². The van der Waals surface area contributed by atoms with Crippen molar-refractivity contribution in [3.05, 3.63) is 29.8 Å². The first kappa shape index (κ1) is 21.8. The first-order valence-corrected chi connectivity index (χ1v) is 9.18. The fraction of sp³-hybridized carbons (Fsp3) is 0.533. The van der Waals surface area contributed by atoms with Crippen LogP contribution in [0.3, 0.4) is 0 Å². The zero-order valence-corrected chi connectivity index (χ0v) is 15.5. The van der Waals surface area contributed by atoms with E-state index in [2.05, 4.69) is 15.4 Å². The third-order valence-electron chi connectivity index (χ3n) is 3.85. The number of benzene rings is 1. The summed E-state index contributed by atoms with van der Waals surface area (Å²) in [5, 5.41) is 15.5. The number of aliphatic hydroxyl groups excluding tert-OH is 1. The van der Waals surface area contributed by atoms with Gasteiger partial charge in [-0.15, -0.1) is 12.4 Å². The van der Waals surface area contributed by atoms with E-state index in [1.165, 1.54) is 31.4 Å². The molecule has 1 aliphatic rings. The molecule has 1 amide bonds. The maximum Gasteiger partial charge on any atom is 0.251 e. The molecule has 2 rings (SSSR count). The minimum atomic E-state index is -3.61. The Labute approximate surface area is 153 Å². The smallest absolute Gasteiger partial charge is 0.251 e. The number of nitrogens with one attached hydrogen (secondary N) is 3. The van der Waals surface area contributed by atoms with E-state index in [1.54, 1.807) is 0 Å². The second-order valence-corrected chi connectivity index (χ2v) is 7.38. The highest BCUT2D eigenvalue weighted by atomic mass is 35.5. The van der Waals surface area contributed by atoms with Gasteiger partial charge in [0.2, 0.25) is 10.0 Å². The van der Waals surface area contributed by atoms with Gasteiger partial charge < -0.3 is 20.5 Å². The zero-order valence-electron chi connectivity index (χ0n) is 13.9. The van der Waals surface area contributed by atoms with E-state index in [0.717, 1.165) is 0 Å². The predicted octanol–water partition coefficient (Wildman–Crippen LogP) is -0.657. The summed E-state index contributed by atoms with van der Waals surface area (Å²) in [7, 11) is -2.12. The SMILES string of the molecule is COCCNS(=O)(=O)c1ccc(C(=O)NCC2CNCC2O)cc1.Cl. The molecule has 0 saturated carbocycles. The lowest BCUT2D eigenvalue weighted by molar-refractivity contribution is 0.0927. The Hall–Kier alpha value is -1.23. The van der Waals surface area contributed by atoms with Gasteiger partial charge in [0.25, 0.3) is 5.91 Å². The fourth-order valence-corrected chi connectivity index (χ4v) is 3.41. The molecule has 0 radical (unpaired) electrons. The quantitative estimate of drug-likeness (QED) is 0.436. The van der Waals surface area contributed by atoms with E-state index in [-0.39, 0.29) is 42.3 Å². The Morgan fingerprint density at radius 1 is 1.32 bits per heavy atom. The molecule has 10 heteroatoms. The number of hydrogen-bond donors (Lipinski definition) is 4. The van der Waals surface area contributed by atoms with Gasteiger partial charge in [-0.1, -0.05) is 0 Å². The zero-order chi connectivity index (χ0) is 17.6. The van der Waals surface area contributed by atoms with Crippen LogP contribution in [0.1, 0.15) is 10.4 Å². The molecule has 4 N–H and O–H groups in total. The number of methoxy groups -OCH3 is 1. The number of β-amino-alcohol motifs (C(OH)–C–C–N with tert-alkyl or cyclic N) is 1. The third-order valence-corrected chi connectivity index (χ3v) is 5.33. The van der Waals surface area contributed by atoms with Crippen LogP contribution in [0.5, 0.6) is 0 Å². The lowest BCUT2D eigenvalue weighted by Crippen LogP contribution is -2.34. The van der Waals surface area contributed by atoms with Crippen LogP contribution in [0, 0.1) is 5.92 Å². The Morgan fingerprint density at radius 2 is 2.00 bits per heavy atom. The Morgan fingerprint density at radius 3 is 2.56 bits per heavy atom. The monoisotopic (exact) mass is 393 g/mol. The Kier molecular flexibility index (Phi) is 8.77. The maximum atomic E-state index is 12.1. The highest BCUT2D eigenvalue weighted by molar-refractivity contribution is 7.89. The summed E-state index contributed by atoms with van der Waals surface area (Å²) in [4.78, 5) is 12.2. The van der Waals surface area contributed by atoms with Crippen molar-refractivity contribution in [3.8, 4) is 0 Å². The van der Waals surface area contributed by atoms with Gasteiger partial charge in [0, 0.05) is 44.8 Å². The molecular weight excluding hydrogens is 370 g/mol. The molecule has 8 nitrogen and oxygen atoms in total. The minimum absolute atomic E-state index is 0. The summed E-state index contributed by atoms with van der Waals surface area (Å²) in [5.41, 5.74) is 0.367. The number of amides is 1. The topological polar surface area (TPSA) is 117 Å². The molecule has 1 aromatic rings. The molecule has 0 aromatic heterocycles. The normalized spacial score (nSPS) is 20.1. The van der Waals surface area contributed by atoms with Gasteiger partial charge in [-0.3, -0.25) is 4.79 Å². The van der Waals surface area contributed by atoms with Gasteiger partial charge in [-0.25, -0.2) is 13.1 Å². The number of carbonyl (C=O) groups excluding carboxylic acids is 1. The fourth-order valence-electron chi connectivity index (χ4n) is 2.40. The molecule has 0 aliphatic carbocycles. The molecule has 1 aliphatic heterocycles. The standard InChI is InChI=1S/C15H23N3O5S.ClH/c1-23-7-6-18-24(21,22)13-4-2-11(3-5-13)15(20)17-9-12-8-16-10-14(12)19;/h2-5,12,14,16,18-19H,6-10H2,1H3,(H,17,20);1H. The number of halogens is 1.